The van der Waals surface area contributed by atoms with Crippen LogP contribution in [0.4, 0.5) is 4.79 Å². The van der Waals surface area contributed by atoms with Gasteiger partial charge in [-0.15, -0.1) is 0 Å². The lowest BCUT2D eigenvalue weighted by atomic mass is 9.74. The molecule has 1 heterocycles. The number of ether oxygens (including phenoxy) is 2. The molecule has 6 heteroatoms. The van der Waals surface area contributed by atoms with E-state index in [1.807, 2.05) is 26.8 Å². The summed E-state index contributed by atoms with van der Waals surface area (Å²) in [4.78, 5) is 14.2. The Morgan fingerprint density at radius 2 is 1.96 bits per heavy atom. The standard InChI is InChI=1S/C22H35NO5/c1-21(2,3)28-20(25)23-14-9-10-17(16-23)22(26,13-7-8-15-27-4)18-11-5-6-12-19(18)24/h5-6,11-12,17,24,26H,7-10,13-16H2,1-4H3/t17-,22-/m1/s1. The number of rotatable bonds is 7. The van der Waals surface area contributed by atoms with Crippen molar-refractivity contribution in [3.8, 4) is 5.75 Å². The highest BCUT2D eigenvalue weighted by Gasteiger charge is 2.43. The number of phenols is 1. The second kappa shape index (κ2) is 9.61. The van der Waals surface area contributed by atoms with E-state index >= 15 is 0 Å². The quantitative estimate of drug-likeness (QED) is 0.684. The number of aliphatic hydroxyl groups is 1. The number of likely N-dealkylation sites (tertiary alicyclic amines) is 1. The monoisotopic (exact) mass is 393 g/mol. The number of piperidine rings is 1. The third kappa shape index (κ3) is 5.85. The molecule has 0 unspecified atom stereocenters. The molecular weight excluding hydrogens is 358 g/mol. The van der Waals surface area contributed by atoms with Crippen LogP contribution in [0.3, 0.4) is 0 Å². The molecule has 1 saturated heterocycles. The lowest BCUT2D eigenvalue weighted by molar-refractivity contribution is -0.0653. The Morgan fingerprint density at radius 1 is 1.25 bits per heavy atom. The number of benzene rings is 1. The molecule has 0 saturated carbocycles. The van der Waals surface area contributed by atoms with E-state index in [9.17, 15) is 15.0 Å². The summed E-state index contributed by atoms with van der Waals surface area (Å²) in [6.07, 6.45) is 3.32. The number of hydrogen-bond donors (Lipinski definition) is 2. The van der Waals surface area contributed by atoms with Crippen LogP contribution in [0.5, 0.6) is 5.75 Å². The zero-order valence-corrected chi connectivity index (χ0v) is 17.6. The Balaban J connectivity index is 2.22. The fourth-order valence-electron chi connectivity index (χ4n) is 3.90. The average Bonchev–Trinajstić information content (AvgIpc) is 2.64. The van der Waals surface area contributed by atoms with Gasteiger partial charge in [0.05, 0.1) is 5.60 Å². The summed E-state index contributed by atoms with van der Waals surface area (Å²) < 4.78 is 10.6. The molecule has 0 aromatic heterocycles. The predicted molar refractivity (Wildman–Crippen MR) is 108 cm³/mol. The van der Waals surface area contributed by atoms with E-state index in [2.05, 4.69) is 0 Å². The molecule has 158 valence electrons. The Labute approximate surface area is 168 Å². The number of carbonyl (C=O) groups excluding carboxylic acids is 1. The maximum atomic E-state index is 12.5. The fraction of sp³-hybridized carbons (Fsp3) is 0.682. The van der Waals surface area contributed by atoms with Crippen molar-refractivity contribution >= 4 is 6.09 Å². The minimum Gasteiger partial charge on any atom is -0.508 e. The van der Waals surface area contributed by atoms with Gasteiger partial charge in [-0.25, -0.2) is 4.79 Å². The van der Waals surface area contributed by atoms with Gasteiger partial charge in [0.2, 0.25) is 0 Å². The summed E-state index contributed by atoms with van der Waals surface area (Å²) in [6.45, 7) is 7.20. The van der Waals surface area contributed by atoms with Crippen LogP contribution in [-0.4, -0.2) is 53.6 Å². The Morgan fingerprint density at radius 3 is 2.61 bits per heavy atom. The van der Waals surface area contributed by atoms with Gasteiger partial charge in [-0.3, -0.25) is 0 Å². The number of unbranched alkanes of at least 4 members (excludes halogenated alkanes) is 1. The first kappa shape index (κ1) is 22.5. The molecule has 0 spiro atoms. The zero-order valence-electron chi connectivity index (χ0n) is 17.6. The second-order valence-electron chi connectivity index (χ2n) is 8.66. The van der Waals surface area contributed by atoms with Crippen LogP contribution in [0, 0.1) is 5.92 Å². The van der Waals surface area contributed by atoms with Crippen molar-refractivity contribution in [2.24, 2.45) is 5.92 Å². The van der Waals surface area contributed by atoms with Gasteiger partial charge in [-0.2, -0.15) is 0 Å². The Hall–Kier alpha value is -1.79. The number of nitrogens with zero attached hydrogens (tertiary/aromatic N) is 1. The Kier molecular flexibility index (Phi) is 7.72. The normalized spacial score (nSPS) is 19.9. The fourth-order valence-corrected chi connectivity index (χ4v) is 3.90. The number of carbonyl (C=O) groups is 1. The molecule has 6 nitrogen and oxygen atoms in total. The summed E-state index contributed by atoms with van der Waals surface area (Å²) in [5.41, 5.74) is -1.23. The van der Waals surface area contributed by atoms with Gasteiger partial charge in [0, 0.05) is 38.3 Å². The lowest BCUT2D eigenvalue weighted by Gasteiger charge is -2.43. The van der Waals surface area contributed by atoms with Crippen LogP contribution in [0.2, 0.25) is 0 Å². The van der Waals surface area contributed by atoms with Crippen molar-refractivity contribution in [1.82, 2.24) is 4.90 Å². The van der Waals surface area contributed by atoms with Crippen molar-refractivity contribution in [2.45, 2.75) is 64.1 Å². The van der Waals surface area contributed by atoms with E-state index in [1.165, 1.54) is 0 Å². The van der Waals surface area contributed by atoms with Gasteiger partial charge in [-0.05, 0) is 58.9 Å². The van der Waals surface area contributed by atoms with Crippen molar-refractivity contribution in [1.29, 1.82) is 0 Å². The molecule has 2 rings (SSSR count). The summed E-state index contributed by atoms with van der Waals surface area (Å²) in [5.74, 6) is -0.0873. The molecule has 1 amide bonds. The van der Waals surface area contributed by atoms with Crippen LogP contribution in [0.15, 0.2) is 24.3 Å². The van der Waals surface area contributed by atoms with E-state index in [0.717, 1.165) is 25.7 Å². The molecule has 1 aromatic rings. The summed E-state index contributed by atoms with van der Waals surface area (Å²) in [5, 5.41) is 22.2. The zero-order chi connectivity index (χ0) is 20.8. The highest BCUT2D eigenvalue weighted by Crippen LogP contribution is 2.43. The molecule has 2 N–H and O–H groups in total. The van der Waals surface area contributed by atoms with Gasteiger partial charge in [0.15, 0.2) is 0 Å². The molecular formula is C22H35NO5. The van der Waals surface area contributed by atoms with Crippen molar-refractivity contribution in [3.05, 3.63) is 29.8 Å². The lowest BCUT2D eigenvalue weighted by Crippen LogP contribution is -2.49. The van der Waals surface area contributed by atoms with Gasteiger partial charge < -0.3 is 24.6 Å². The minimum absolute atomic E-state index is 0.0890. The van der Waals surface area contributed by atoms with Crippen molar-refractivity contribution < 1.29 is 24.5 Å². The van der Waals surface area contributed by atoms with Crippen molar-refractivity contribution in [2.75, 3.05) is 26.8 Å². The van der Waals surface area contributed by atoms with Crippen molar-refractivity contribution in [3.63, 3.8) is 0 Å². The molecule has 1 aliphatic heterocycles. The number of amides is 1. The Bertz CT molecular complexity index is 642. The van der Waals surface area contributed by atoms with E-state index in [0.29, 0.717) is 31.7 Å². The SMILES string of the molecule is COCCCC[C@](O)(c1ccccc1O)[C@@H]1CCCN(C(=O)OC(C)(C)C)C1. The largest absolute Gasteiger partial charge is 0.508 e. The highest BCUT2D eigenvalue weighted by atomic mass is 16.6. The maximum Gasteiger partial charge on any atom is 0.410 e. The molecule has 0 aliphatic carbocycles. The third-order valence-electron chi connectivity index (χ3n) is 5.28. The smallest absolute Gasteiger partial charge is 0.410 e. The maximum absolute atomic E-state index is 12.5. The van der Waals surface area contributed by atoms with E-state index < -0.39 is 11.2 Å². The summed E-state index contributed by atoms with van der Waals surface area (Å²) in [6, 6.07) is 6.95. The van der Waals surface area contributed by atoms with Crippen LogP contribution >= 0.6 is 0 Å². The van der Waals surface area contributed by atoms with Gasteiger partial charge in [0.25, 0.3) is 0 Å². The highest BCUT2D eigenvalue weighted by molar-refractivity contribution is 5.68. The van der Waals surface area contributed by atoms with E-state index in [1.54, 1.807) is 30.2 Å². The first-order chi connectivity index (χ1) is 13.2. The second-order valence-corrected chi connectivity index (χ2v) is 8.66. The van der Waals surface area contributed by atoms with Gasteiger partial charge in [0.1, 0.15) is 11.4 Å². The molecule has 1 aromatic carbocycles. The topological polar surface area (TPSA) is 79.2 Å². The third-order valence-corrected chi connectivity index (χ3v) is 5.28. The summed E-state index contributed by atoms with van der Waals surface area (Å²) in [7, 11) is 1.66. The first-order valence-corrected chi connectivity index (χ1v) is 10.1. The van der Waals surface area contributed by atoms with E-state index in [-0.39, 0.29) is 17.8 Å². The van der Waals surface area contributed by atoms with Crippen LogP contribution < -0.4 is 0 Å². The summed E-state index contributed by atoms with van der Waals surface area (Å²) >= 11 is 0. The first-order valence-electron chi connectivity index (χ1n) is 10.1. The predicted octanol–water partition coefficient (Wildman–Crippen LogP) is 4.04. The number of methoxy groups -OCH3 is 1. The molecule has 2 atom stereocenters. The van der Waals surface area contributed by atoms with E-state index in [4.69, 9.17) is 9.47 Å². The molecule has 1 aliphatic rings. The van der Waals surface area contributed by atoms with Crippen LogP contribution in [-0.2, 0) is 15.1 Å². The molecule has 28 heavy (non-hydrogen) atoms. The van der Waals surface area contributed by atoms with Gasteiger partial charge >= 0.3 is 6.09 Å². The number of hydrogen-bond acceptors (Lipinski definition) is 5. The van der Waals surface area contributed by atoms with Crippen LogP contribution in [0.1, 0.15) is 58.4 Å². The molecule has 0 bridgehead atoms. The number of para-hydroxylation sites is 1. The van der Waals surface area contributed by atoms with Gasteiger partial charge in [-0.1, -0.05) is 18.2 Å². The number of phenolic OH excluding ortho intramolecular Hbond substituents is 1. The van der Waals surface area contributed by atoms with Crippen LogP contribution in [0.25, 0.3) is 0 Å². The molecule has 0 radical (unpaired) electrons. The minimum atomic E-state index is -1.21. The number of aromatic hydroxyl groups is 1. The molecule has 1 fully saturated rings. The average molecular weight is 394 g/mol.